The molecule has 0 aliphatic carbocycles. The van der Waals surface area contributed by atoms with Crippen LogP contribution in [-0.4, -0.2) is 9.67 Å². The fourth-order valence-electron chi connectivity index (χ4n) is 2.92. The molecule has 1 N–H and O–H groups in total. The Morgan fingerprint density at radius 3 is 2.48 bits per heavy atom. The van der Waals surface area contributed by atoms with Crippen LogP contribution in [0.4, 0.5) is 4.39 Å². The van der Waals surface area contributed by atoms with Crippen LogP contribution in [0.1, 0.15) is 22.5 Å². The standard InChI is InChI=1S/C21H17FN2O/c1-14-10-17(11-18(13-23)16-4-3-5-19(22)12-16)15(2)24(14)20-6-8-21(25)9-7-20/h3-12,25H,1-2H3/b18-11-. The van der Waals surface area contributed by atoms with Crippen molar-refractivity contribution in [2.75, 3.05) is 0 Å². The molecule has 1 aromatic heterocycles. The van der Waals surface area contributed by atoms with E-state index in [1.165, 1.54) is 12.1 Å². The molecule has 0 bridgehead atoms. The first-order valence-corrected chi connectivity index (χ1v) is 7.85. The molecule has 124 valence electrons. The van der Waals surface area contributed by atoms with Crippen LogP contribution >= 0.6 is 0 Å². The van der Waals surface area contributed by atoms with E-state index in [1.54, 1.807) is 30.3 Å². The Hall–Kier alpha value is -3.32. The van der Waals surface area contributed by atoms with E-state index in [-0.39, 0.29) is 11.6 Å². The Morgan fingerprint density at radius 2 is 1.84 bits per heavy atom. The maximum atomic E-state index is 13.4. The molecule has 4 heteroatoms. The fraction of sp³-hybridized carbons (Fsp3) is 0.0952. The summed E-state index contributed by atoms with van der Waals surface area (Å²) < 4.78 is 15.5. The van der Waals surface area contributed by atoms with E-state index < -0.39 is 0 Å². The second-order valence-electron chi connectivity index (χ2n) is 5.86. The number of aromatic nitrogens is 1. The molecule has 0 aliphatic rings. The first-order chi connectivity index (χ1) is 12.0. The molecule has 3 rings (SSSR count). The molecule has 0 amide bonds. The molecule has 3 nitrogen and oxygen atoms in total. The topological polar surface area (TPSA) is 49.0 Å². The number of hydrogen-bond donors (Lipinski definition) is 1. The average Bonchev–Trinajstić information content (AvgIpc) is 2.87. The van der Waals surface area contributed by atoms with Crippen molar-refractivity contribution in [3.63, 3.8) is 0 Å². The van der Waals surface area contributed by atoms with Crippen LogP contribution in [0.2, 0.25) is 0 Å². The van der Waals surface area contributed by atoms with Crippen LogP contribution in [0.15, 0.2) is 54.6 Å². The number of benzene rings is 2. The molecule has 0 saturated heterocycles. The number of allylic oxidation sites excluding steroid dienone is 1. The quantitative estimate of drug-likeness (QED) is 0.686. The minimum Gasteiger partial charge on any atom is -0.508 e. The van der Waals surface area contributed by atoms with Crippen molar-refractivity contribution >= 4 is 11.6 Å². The number of nitrogens with zero attached hydrogens (tertiary/aromatic N) is 2. The van der Waals surface area contributed by atoms with Gasteiger partial charge in [0.1, 0.15) is 11.6 Å². The average molecular weight is 332 g/mol. The second-order valence-corrected chi connectivity index (χ2v) is 5.86. The summed E-state index contributed by atoms with van der Waals surface area (Å²) in [5, 5.41) is 18.9. The van der Waals surface area contributed by atoms with E-state index in [1.807, 2.05) is 36.6 Å². The van der Waals surface area contributed by atoms with Gasteiger partial charge in [0.15, 0.2) is 0 Å². The lowest BCUT2D eigenvalue weighted by molar-refractivity contribution is 0.475. The summed E-state index contributed by atoms with van der Waals surface area (Å²) >= 11 is 0. The molecule has 0 spiro atoms. The van der Waals surface area contributed by atoms with E-state index in [9.17, 15) is 14.8 Å². The normalized spacial score (nSPS) is 11.4. The molecule has 25 heavy (non-hydrogen) atoms. The summed E-state index contributed by atoms with van der Waals surface area (Å²) in [6, 6.07) is 17.1. The first kappa shape index (κ1) is 16.5. The zero-order valence-corrected chi connectivity index (χ0v) is 14.0. The van der Waals surface area contributed by atoms with Gasteiger partial charge >= 0.3 is 0 Å². The van der Waals surface area contributed by atoms with Crippen molar-refractivity contribution in [3.05, 3.63) is 82.9 Å². The van der Waals surface area contributed by atoms with Crippen molar-refractivity contribution in [3.8, 4) is 17.5 Å². The Kier molecular flexibility index (Phi) is 4.40. The maximum Gasteiger partial charge on any atom is 0.123 e. The largest absolute Gasteiger partial charge is 0.508 e. The van der Waals surface area contributed by atoms with E-state index in [2.05, 4.69) is 6.07 Å². The second kappa shape index (κ2) is 6.66. The summed E-state index contributed by atoms with van der Waals surface area (Å²) in [5.74, 6) is -0.155. The lowest BCUT2D eigenvalue weighted by Crippen LogP contribution is -1.98. The SMILES string of the molecule is Cc1cc(/C=C(/C#N)c2cccc(F)c2)c(C)n1-c1ccc(O)cc1. The van der Waals surface area contributed by atoms with E-state index in [0.717, 1.165) is 22.6 Å². The molecule has 3 aromatic rings. The van der Waals surface area contributed by atoms with E-state index in [0.29, 0.717) is 11.1 Å². The molecule has 1 heterocycles. The molecule has 2 aromatic carbocycles. The summed E-state index contributed by atoms with van der Waals surface area (Å²) in [6.07, 6.45) is 1.77. The molecule has 0 fully saturated rings. The van der Waals surface area contributed by atoms with Gasteiger partial charge in [0.05, 0.1) is 11.6 Å². The zero-order valence-electron chi connectivity index (χ0n) is 14.0. The zero-order chi connectivity index (χ0) is 18.0. The number of hydrogen-bond acceptors (Lipinski definition) is 2. The van der Waals surface area contributed by atoms with Gasteiger partial charge in [0.25, 0.3) is 0 Å². The van der Waals surface area contributed by atoms with Crippen molar-refractivity contribution in [1.29, 1.82) is 5.26 Å². The van der Waals surface area contributed by atoms with Gasteiger partial charge in [0.2, 0.25) is 0 Å². The van der Waals surface area contributed by atoms with Crippen LogP contribution in [-0.2, 0) is 0 Å². The van der Waals surface area contributed by atoms with Crippen molar-refractivity contribution in [2.45, 2.75) is 13.8 Å². The smallest absolute Gasteiger partial charge is 0.123 e. The minimum atomic E-state index is -0.367. The number of phenolic OH excluding ortho intramolecular Hbond substituents is 1. The van der Waals surface area contributed by atoms with Crippen molar-refractivity contribution in [2.24, 2.45) is 0 Å². The highest BCUT2D eigenvalue weighted by Gasteiger charge is 2.11. The first-order valence-electron chi connectivity index (χ1n) is 7.85. The summed E-state index contributed by atoms with van der Waals surface area (Å²) in [5.41, 5.74) is 4.75. The highest BCUT2D eigenvalue weighted by Crippen LogP contribution is 2.26. The highest BCUT2D eigenvalue weighted by molar-refractivity contribution is 5.90. The number of aryl methyl sites for hydroxylation is 1. The van der Waals surface area contributed by atoms with Crippen LogP contribution in [0.5, 0.6) is 5.75 Å². The van der Waals surface area contributed by atoms with Gasteiger partial charge in [0, 0.05) is 17.1 Å². The lowest BCUT2D eigenvalue weighted by Gasteiger charge is -2.09. The summed E-state index contributed by atoms with van der Waals surface area (Å²) in [7, 11) is 0. The number of aromatic hydroxyl groups is 1. The number of halogens is 1. The van der Waals surface area contributed by atoms with Crippen LogP contribution in [0, 0.1) is 31.0 Å². The van der Waals surface area contributed by atoms with Gasteiger partial charge in [-0.1, -0.05) is 12.1 Å². The molecule has 0 radical (unpaired) electrons. The molecular formula is C21H17FN2O. The third-order valence-corrected chi connectivity index (χ3v) is 4.13. The van der Waals surface area contributed by atoms with Gasteiger partial charge in [-0.2, -0.15) is 5.26 Å². The monoisotopic (exact) mass is 332 g/mol. The number of phenols is 1. The third kappa shape index (κ3) is 3.31. The summed E-state index contributed by atoms with van der Waals surface area (Å²) in [6.45, 7) is 3.94. The van der Waals surface area contributed by atoms with Crippen molar-refractivity contribution in [1.82, 2.24) is 4.57 Å². The van der Waals surface area contributed by atoms with Gasteiger partial charge in [-0.05, 0) is 73.5 Å². The van der Waals surface area contributed by atoms with E-state index in [4.69, 9.17) is 0 Å². The van der Waals surface area contributed by atoms with Gasteiger partial charge in [-0.15, -0.1) is 0 Å². The van der Waals surface area contributed by atoms with Crippen LogP contribution < -0.4 is 0 Å². The predicted octanol–water partition coefficient (Wildman–Crippen LogP) is 5.00. The molecule has 0 unspecified atom stereocenters. The highest BCUT2D eigenvalue weighted by atomic mass is 19.1. The molecular weight excluding hydrogens is 315 g/mol. The Labute approximate surface area is 145 Å². The lowest BCUT2D eigenvalue weighted by atomic mass is 10.0. The molecule has 0 saturated carbocycles. The van der Waals surface area contributed by atoms with E-state index >= 15 is 0 Å². The third-order valence-electron chi connectivity index (χ3n) is 4.13. The Balaban J connectivity index is 2.08. The van der Waals surface area contributed by atoms with Gasteiger partial charge < -0.3 is 9.67 Å². The Morgan fingerprint density at radius 1 is 1.12 bits per heavy atom. The number of nitriles is 1. The minimum absolute atomic E-state index is 0.212. The fourth-order valence-corrected chi connectivity index (χ4v) is 2.92. The van der Waals surface area contributed by atoms with Crippen molar-refractivity contribution < 1.29 is 9.50 Å². The van der Waals surface area contributed by atoms with Crippen LogP contribution in [0.25, 0.3) is 17.3 Å². The Bertz CT molecular complexity index is 992. The predicted molar refractivity (Wildman–Crippen MR) is 96.8 cm³/mol. The van der Waals surface area contributed by atoms with Crippen LogP contribution in [0.3, 0.4) is 0 Å². The molecule has 0 atom stereocenters. The van der Waals surface area contributed by atoms with Gasteiger partial charge in [-0.25, -0.2) is 4.39 Å². The van der Waals surface area contributed by atoms with Gasteiger partial charge in [-0.3, -0.25) is 0 Å². The molecule has 0 aliphatic heterocycles. The maximum absolute atomic E-state index is 13.4. The number of rotatable bonds is 3. The summed E-state index contributed by atoms with van der Waals surface area (Å²) in [4.78, 5) is 0.